The molecule has 0 aliphatic carbocycles. The molecular formula is C24H27FN2O4. The second kappa shape index (κ2) is 11.6. The first-order valence-corrected chi connectivity index (χ1v) is 10.1. The fourth-order valence-electron chi connectivity index (χ4n) is 2.85. The molecule has 1 atom stereocenters. The molecule has 2 aromatic carbocycles. The largest absolute Gasteiger partial charge is 0.464 e. The van der Waals surface area contributed by atoms with E-state index in [1.165, 1.54) is 24.3 Å². The van der Waals surface area contributed by atoms with Crippen molar-refractivity contribution >= 4 is 23.9 Å². The third-order valence-corrected chi connectivity index (χ3v) is 4.32. The van der Waals surface area contributed by atoms with Crippen molar-refractivity contribution in [2.24, 2.45) is 5.92 Å². The van der Waals surface area contributed by atoms with Gasteiger partial charge in [0.05, 0.1) is 6.61 Å². The van der Waals surface area contributed by atoms with Crippen molar-refractivity contribution in [2.45, 2.75) is 33.2 Å². The van der Waals surface area contributed by atoms with Crippen LogP contribution in [0.2, 0.25) is 0 Å². The maximum absolute atomic E-state index is 14.2. The van der Waals surface area contributed by atoms with Gasteiger partial charge in [-0.15, -0.1) is 0 Å². The summed E-state index contributed by atoms with van der Waals surface area (Å²) >= 11 is 0. The molecular weight excluding hydrogens is 399 g/mol. The lowest BCUT2D eigenvalue weighted by atomic mass is 10.0. The summed E-state index contributed by atoms with van der Waals surface area (Å²) < 4.78 is 19.2. The van der Waals surface area contributed by atoms with Crippen LogP contribution in [0.15, 0.2) is 60.3 Å². The van der Waals surface area contributed by atoms with Crippen LogP contribution >= 0.6 is 0 Å². The highest BCUT2D eigenvalue weighted by molar-refractivity contribution is 6.06. The van der Waals surface area contributed by atoms with Gasteiger partial charge in [-0.2, -0.15) is 0 Å². The molecule has 0 radical (unpaired) electrons. The predicted molar refractivity (Wildman–Crippen MR) is 116 cm³/mol. The highest BCUT2D eigenvalue weighted by atomic mass is 19.1. The maximum atomic E-state index is 14.2. The van der Waals surface area contributed by atoms with Gasteiger partial charge in [-0.1, -0.05) is 50.2 Å². The van der Waals surface area contributed by atoms with Crippen molar-refractivity contribution in [3.63, 3.8) is 0 Å². The van der Waals surface area contributed by atoms with Crippen molar-refractivity contribution in [3.8, 4) is 0 Å². The zero-order chi connectivity index (χ0) is 22.8. The van der Waals surface area contributed by atoms with E-state index >= 15 is 0 Å². The summed E-state index contributed by atoms with van der Waals surface area (Å²) in [5, 5.41) is 5.14. The minimum absolute atomic E-state index is 0.104. The SMILES string of the molecule is CCOC(=O)[C@@H](CC(C)C)NC(=O)/C(=C/c1ccccc1F)NC(=O)c1ccccc1. The minimum atomic E-state index is -0.898. The Labute approximate surface area is 181 Å². The second-order valence-electron chi connectivity index (χ2n) is 7.31. The monoisotopic (exact) mass is 426 g/mol. The molecule has 31 heavy (non-hydrogen) atoms. The Bertz CT molecular complexity index is 942. The lowest BCUT2D eigenvalue weighted by molar-refractivity contribution is -0.147. The molecule has 7 heteroatoms. The Morgan fingerprint density at radius 2 is 1.68 bits per heavy atom. The zero-order valence-corrected chi connectivity index (χ0v) is 17.9. The fourth-order valence-corrected chi connectivity index (χ4v) is 2.85. The number of carbonyl (C=O) groups excluding carboxylic acids is 3. The number of ether oxygens (including phenoxy) is 1. The summed E-state index contributed by atoms with van der Waals surface area (Å²) in [4.78, 5) is 37.9. The number of carbonyl (C=O) groups is 3. The van der Waals surface area contributed by atoms with E-state index < -0.39 is 29.6 Å². The number of hydrogen-bond acceptors (Lipinski definition) is 4. The normalized spacial score (nSPS) is 12.2. The first-order valence-electron chi connectivity index (χ1n) is 10.1. The van der Waals surface area contributed by atoms with Gasteiger partial charge in [0.2, 0.25) is 0 Å². The fraction of sp³-hybridized carbons (Fsp3) is 0.292. The predicted octanol–water partition coefficient (Wildman–Crippen LogP) is 3.69. The average Bonchev–Trinajstić information content (AvgIpc) is 2.74. The third-order valence-electron chi connectivity index (χ3n) is 4.32. The summed E-state index contributed by atoms with van der Waals surface area (Å²) in [5.41, 5.74) is 0.272. The van der Waals surface area contributed by atoms with Crippen molar-refractivity contribution in [3.05, 3.63) is 77.2 Å². The topological polar surface area (TPSA) is 84.5 Å². The van der Waals surface area contributed by atoms with E-state index in [1.54, 1.807) is 43.3 Å². The van der Waals surface area contributed by atoms with E-state index in [2.05, 4.69) is 10.6 Å². The summed E-state index contributed by atoms with van der Waals surface area (Å²) in [6.07, 6.45) is 1.59. The van der Waals surface area contributed by atoms with Crippen LogP contribution in [-0.2, 0) is 14.3 Å². The van der Waals surface area contributed by atoms with E-state index in [9.17, 15) is 18.8 Å². The first kappa shape index (κ1) is 23.8. The molecule has 0 saturated heterocycles. The molecule has 2 aromatic rings. The Balaban J connectivity index is 2.34. The van der Waals surface area contributed by atoms with Crippen LogP contribution < -0.4 is 10.6 Å². The quantitative estimate of drug-likeness (QED) is 0.473. The van der Waals surface area contributed by atoms with Crippen LogP contribution in [0.5, 0.6) is 0 Å². The van der Waals surface area contributed by atoms with Gasteiger partial charge in [0, 0.05) is 11.1 Å². The summed E-state index contributed by atoms with van der Waals surface area (Å²) in [7, 11) is 0. The molecule has 0 fully saturated rings. The molecule has 2 N–H and O–H groups in total. The maximum Gasteiger partial charge on any atom is 0.328 e. The van der Waals surface area contributed by atoms with Gasteiger partial charge in [0.1, 0.15) is 17.6 Å². The van der Waals surface area contributed by atoms with Gasteiger partial charge in [-0.05, 0) is 43.5 Å². The van der Waals surface area contributed by atoms with E-state index in [4.69, 9.17) is 4.74 Å². The van der Waals surface area contributed by atoms with Crippen LogP contribution in [-0.4, -0.2) is 30.4 Å². The molecule has 0 aromatic heterocycles. The smallest absolute Gasteiger partial charge is 0.328 e. The Hall–Kier alpha value is -3.48. The van der Waals surface area contributed by atoms with Crippen molar-refractivity contribution in [1.29, 1.82) is 0 Å². The molecule has 0 saturated carbocycles. The van der Waals surface area contributed by atoms with E-state index in [0.717, 1.165) is 0 Å². The molecule has 0 bridgehead atoms. The highest BCUT2D eigenvalue weighted by Gasteiger charge is 2.25. The van der Waals surface area contributed by atoms with Crippen LogP contribution in [0.25, 0.3) is 6.08 Å². The third kappa shape index (κ3) is 7.37. The molecule has 0 aliphatic heterocycles. The van der Waals surface area contributed by atoms with Crippen LogP contribution in [0, 0.1) is 11.7 Å². The summed E-state index contributed by atoms with van der Waals surface area (Å²) in [6.45, 7) is 5.67. The van der Waals surface area contributed by atoms with Gasteiger partial charge < -0.3 is 15.4 Å². The van der Waals surface area contributed by atoms with Crippen LogP contribution in [0.4, 0.5) is 4.39 Å². The van der Waals surface area contributed by atoms with Gasteiger partial charge in [0.25, 0.3) is 11.8 Å². The number of amides is 2. The number of rotatable bonds is 9. The van der Waals surface area contributed by atoms with Gasteiger partial charge in [0.15, 0.2) is 0 Å². The van der Waals surface area contributed by atoms with Crippen LogP contribution in [0.1, 0.15) is 43.1 Å². The molecule has 0 unspecified atom stereocenters. The number of hydrogen-bond donors (Lipinski definition) is 2. The Morgan fingerprint density at radius 3 is 2.29 bits per heavy atom. The number of benzene rings is 2. The average molecular weight is 426 g/mol. The molecule has 0 spiro atoms. The van der Waals surface area contributed by atoms with E-state index in [-0.39, 0.29) is 23.8 Å². The number of halogens is 1. The van der Waals surface area contributed by atoms with Crippen molar-refractivity contribution in [2.75, 3.05) is 6.61 Å². The lowest BCUT2D eigenvalue weighted by Gasteiger charge is -2.20. The Morgan fingerprint density at radius 1 is 1.03 bits per heavy atom. The summed E-state index contributed by atoms with van der Waals surface area (Å²) in [5.74, 6) is -2.26. The molecule has 164 valence electrons. The van der Waals surface area contributed by atoms with Crippen molar-refractivity contribution < 1.29 is 23.5 Å². The van der Waals surface area contributed by atoms with Crippen LogP contribution in [0.3, 0.4) is 0 Å². The van der Waals surface area contributed by atoms with Crippen molar-refractivity contribution in [1.82, 2.24) is 10.6 Å². The lowest BCUT2D eigenvalue weighted by Crippen LogP contribution is -2.45. The van der Waals surface area contributed by atoms with Gasteiger partial charge in [-0.3, -0.25) is 9.59 Å². The number of nitrogens with one attached hydrogen (secondary N) is 2. The molecule has 0 heterocycles. The molecule has 2 amide bonds. The molecule has 6 nitrogen and oxygen atoms in total. The minimum Gasteiger partial charge on any atom is -0.464 e. The molecule has 2 rings (SSSR count). The number of esters is 1. The standard InChI is InChI=1S/C24H27FN2O4/c1-4-31-24(30)21(14-16(2)3)27-23(29)20(15-18-12-8-9-13-19(18)25)26-22(28)17-10-6-5-7-11-17/h5-13,15-16,21H,4,14H2,1-3H3,(H,26,28)(H,27,29)/b20-15-/t21-/m1/s1. The second-order valence-corrected chi connectivity index (χ2v) is 7.31. The van der Waals surface area contributed by atoms with Gasteiger partial charge in [-0.25, -0.2) is 9.18 Å². The highest BCUT2D eigenvalue weighted by Crippen LogP contribution is 2.13. The first-order chi connectivity index (χ1) is 14.8. The van der Waals surface area contributed by atoms with E-state index in [0.29, 0.717) is 12.0 Å². The van der Waals surface area contributed by atoms with E-state index in [1.807, 2.05) is 13.8 Å². The Kier molecular flexibility index (Phi) is 8.94. The molecule has 0 aliphatic rings. The zero-order valence-electron chi connectivity index (χ0n) is 17.9. The van der Waals surface area contributed by atoms with Gasteiger partial charge >= 0.3 is 5.97 Å². The summed E-state index contributed by atoms with van der Waals surface area (Å²) in [6, 6.07) is 13.3.